The highest BCUT2D eigenvalue weighted by molar-refractivity contribution is 7.99. The Bertz CT molecular complexity index is 1100. The molecule has 0 aliphatic heterocycles. The first-order valence-corrected chi connectivity index (χ1v) is 9.93. The molecule has 2 aromatic carbocycles. The first kappa shape index (κ1) is 18.7. The van der Waals surface area contributed by atoms with Crippen LogP contribution in [-0.4, -0.2) is 31.5 Å². The molecule has 1 N–H and O–H groups in total. The number of thioether (sulfide) groups is 1. The Morgan fingerprint density at radius 1 is 1.14 bits per heavy atom. The minimum Gasteiger partial charge on any atom is -0.431 e. The number of benzene rings is 2. The molecule has 0 saturated heterocycles. The van der Waals surface area contributed by atoms with Crippen LogP contribution in [-0.2, 0) is 6.54 Å². The number of imidazole rings is 1. The van der Waals surface area contributed by atoms with Crippen LogP contribution in [0.25, 0.3) is 22.4 Å². The molecule has 5 nitrogen and oxygen atoms in total. The van der Waals surface area contributed by atoms with E-state index in [0.717, 1.165) is 16.6 Å². The van der Waals surface area contributed by atoms with E-state index in [2.05, 4.69) is 35.9 Å². The molecule has 4 rings (SSSR count). The van der Waals surface area contributed by atoms with E-state index in [9.17, 15) is 9.50 Å². The predicted molar refractivity (Wildman–Crippen MR) is 108 cm³/mol. The number of nitrogens with zero attached hydrogens (tertiary/aromatic N) is 3. The molecule has 144 valence electrons. The SMILES string of the molecule is Cc1cc2ncn(C[C@@H](O)CSc3ncc(-c4ccc(F)cc4)o3)c2cc1C. The molecule has 0 spiro atoms. The third kappa shape index (κ3) is 3.95. The first-order chi connectivity index (χ1) is 13.5. The summed E-state index contributed by atoms with van der Waals surface area (Å²) in [5.41, 5.74) is 5.11. The summed E-state index contributed by atoms with van der Waals surface area (Å²) < 4.78 is 20.7. The summed E-state index contributed by atoms with van der Waals surface area (Å²) in [6.07, 6.45) is 2.79. The van der Waals surface area contributed by atoms with Crippen LogP contribution in [0, 0.1) is 19.7 Å². The average molecular weight is 397 g/mol. The van der Waals surface area contributed by atoms with Gasteiger partial charge in [0.25, 0.3) is 5.22 Å². The zero-order chi connectivity index (χ0) is 19.7. The monoisotopic (exact) mass is 397 g/mol. The lowest BCUT2D eigenvalue weighted by molar-refractivity contribution is 0.179. The van der Waals surface area contributed by atoms with E-state index in [0.29, 0.717) is 23.3 Å². The molecule has 0 unspecified atom stereocenters. The number of aliphatic hydroxyl groups is 1. The van der Waals surface area contributed by atoms with Gasteiger partial charge in [-0.05, 0) is 61.4 Å². The van der Waals surface area contributed by atoms with Crippen molar-refractivity contribution in [2.75, 3.05) is 5.75 Å². The molecule has 28 heavy (non-hydrogen) atoms. The predicted octanol–water partition coefficient (Wildman–Crippen LogP) is 4.60. The minimum absolute atomic E-state index is 0.293. The van der Waals surface area contributed by atoms with Crippen molar-refractivity contribution in [3.8, 4) is 11.3 Å². The molecular formula is C21H20FN3O2S. The maximum absolute atomic E-state index is 13.0. The van der Waals surface area contributed by atoms with Gasteiger partial charge in [0.1, 0.15) is 5.82 Å². The third-order valence-corrected chi connectivity index (χ3v) is 5.64. The zero-order valence-electron chi connectivity index (χ0n) is 15.6. The van der Waals surface area contributed by atoms with Crippen molar-refractivity contribution < 1.29 is 13.9 Å². The lowest BCUT2D eigenvalue weighted by Crippen LogP contribution is -2.18. The van der Waals surface area contributed by atoms with Crippen molar-refractivity contribution in [3.63, 3.8) is 0 Å². The van der Waals surface area contributed by atoms with Crippen molar-refractivity contribution >= 4 is 22.8 Å². The summed E-state index contributed by atoms with van der Waals surface area (Å²) in [5.74, 6) is 0.718. The van der Waals surface area contributed by atoms with Gasteiger partial charge in [0.05, 0.1) is 36.2 Å². The lowest BCUT2D eigenvalue weighted by atomic mass is 10.1. The van der Waals surface area contributed by atoms with Gasteiger partial charge >= 0.3 is 0 Å². The van der Waals surface area contributed by atoms with Gasteiger partial charge in [0, 0.05) is 11.3 Å². The van der Waals surface area contributed by atoms with Gasteiger partial charge in [-0.1, -0.05) is 11.8 Å². The Kier molecular flexibility index (Phi) is 5.19. The van der Waals surface area contributed by atoms with Crippen LogP contribution >= 0.6 is 11.8 Å². The van der Waals surface area contributed by atoms with E-state index in [4.69, 9.17) is 4.42 Å². The Morgan fingerprint density at radius 3 is 2.68 bits per heavy atom. The molecule has 0 fully saturated rings. The van der Waals surface area contributed by atoms with Crippen molar-refractivity contribution in [2.45, 2.75) is 31.7 Å². The first-order valence-electron chi connectivity index (χ1n) is 8.94. The van der Waals surface area contributed by atoms with Gasteiger partial charge in [-0.15, -0.1) is 0 Å². The smallest absolute Gasteiger partial charge is 0.256 e. The standard InChI is InChI=1S/C21H20FN3O2S/c1-13-7-18-19(8-14(13)2)25(12-24-18)10-17(26)11-28-21-23-9-20(27-21)15-3-5-16(22)6-4-15/h3-9,12,17,26H,10-11H2,1-2H3/t17-/m1/s1. The minimum atomic E-state index is -0.579. The third-order valence-electron chi connectivity index (χ3n) is 4.66. The lowest BCUT2D eigenvalue weighted by Gasteiger charge is -2.11. The van der Waals surface area contributed by atoms with E-state index in [1.165, 1.54) is 35.0 Å². The maximum Gasteiger partial charge on any atom is 0.256 e. The van der Waals surface area contributed by atoms with Crippen LogP contribution in [0.3, 0.4) is 0 Å². The molecule has 4 aromatic rings. The summed E-state index contributed by atoms with van der Waals surface area (Å²) in [4.78, 5) is 8.65. The quantitative estimate of drug-likeness (QED) is 0.482. The van der Waals surface area contributed by atoms with Gasteiger partial charge in [-0.3, -0.25) is 0 Å². The fourth-order valence-corrected chi connectivity index (χ4v) is 3.69. The fraction of sp³-hybridized carbons (Fsp3) is 0.238. The van der Waals surface area contributed by atoms with Gasteiger partial charge in [-0.25, -0.2) is 14.4 Å². The maximum atomic E-state index is 13.0. The molecule has 0 amide bonds. The highest BCUT2D eigenvalue weighted by Gasteiger charge is 2.13. The molecular weight excluding hydrogens is 377 g/mol. The van der Waals surface area contributed by atoms with Crippen LogP contribution in [0.4, 0.5) is 4.39 Å². The number of aromatic nitrogens is 3. The van der Waals surface area contributed by atoms with Crippen LogP contribution < -0.4 is 0 Å². The second-order valence-corrected chi connectivity index (χ2v) is 7.76. The molecule has 0 bridgehead atoms. The molecule has 1 atom stereocenters. The van der Waals surface area contributed by atoms with Gasteiger partial charge in [0.15, 0.2) is 5.76 Å². The molecule has 0 radical (unpaired) electrons. The van der Waals surface area contributed by atoms with E-state index in [1.54, 1.807) is 24.7 Å². The van der Waals surface area contributed by atoms with E-state index >= 15 is 0 Å². The Hall–Kier alpha value is -2.64. The number of rotatable bonds is 6. The second-order valence-electron chi connectivity index (χ2n) is 6.78. The number of hydrogen-bond acceptors (Lipinski definition) is 5. The summed E-state index contributed by atoms with van der Waals surface area (Å²) in [6, 6.07) is 10.2. The van der Waals surface area contributed by atoms with Gasteiger partial charge in [0.2, 0.25) is 0 Å². The molecule has 0 aliphatic carbocycles. The summed E-state index contributed by atoms with van der Waals surface area (Å²) in [5, 5.41) is 10.9. The van der Waals surface area contributed by atoms with Gasteiger partial charge < -0.3 is 14.1 Å². The van der Waals surface area contributed by atoms with Crippen LogP contribution in [0.1, 0.15) is 11.1 Å². The van der Waals surface area contributed by atoms with Crippen molar-refractivity contribution in [2.24, 2.45) is 0 Å². The Morgan fingerprint density at radius 2 is 1.89 bits per heavy atom. The summed E-state index contributed by atoms with van der Waals surface area (Å²) in [7, 11) is 0. The zero-order valence-corrected chi connectivity index (χ0v) is 16.4. The van der Waals surface area contributed by atoms with E-state index in [-0.39, 0.29) is 5.82 Å². The van der Waals surface area contributed by atoms with Gasteiger partial charge in [-0.2, -0.15) is 0 Å². The summed E-state index contributed by atoms with van der Waals surface area (Å²) in [6.45, 7) is 4.58. The number of oxazole rings is 1. The van der Waals surface area contributed by atoms with E-state index in [1.807, 2.05) is 4.57 Å². The Balaban J connectivity index is 1.39. The molecule has 2 heterocycles. The fourth-order valence-electron chi connectivity index (χ4n) is 2.98. The molecule has 0 saturated carbocycles. The average Bonchev–Trinajstić information content (AvgIpc) is 3.29. The largest absolute Gasteiger partial charge is 0.431 e. The molecule has 0 aliphatic rings. The highest BCUT2D eigenvalue weighted by Crippen LogP contribution is 2.26. The van der Waals surface area contributed by atoms with Crippen LogP contribution in [0.15, 0.2) is 58.6 Å². The van der Waals surface area contributed by atoms with Crippen molar-refractivity contribution in [3.05, 3.63) is 65.9 Å². The Labute approximate surface area is 166 Å². The summed E-state index contributed by atoms with van der Waals surface area (Å²) >= 11 is 1.34. The van der Waals surface area contributed by atoms with Crippen LogP contribution in [0.5, 0.6) is 0 Å². The molecule has 7 heteroatoms. The topological polar surface area (TPSA) is 64.1 Å². The number of halogens is 1. The normalized spacial score (nSPS) is 12.6. The van der Waals surface area contributed by atoms with Crippen molar-refractivity contribution in [1.29, 1.82) is 0 Å². The van der Waals surface area contributed by atoms with Crippen LogP contribution in [0.2, 0.25) is 0 Å². The number of fused-ring (bicyclic) bond motifs is 1. The number of aliphatic hydroxyl groups excluding tert-OH is 1. The number of hydrogen-bond donors (Lipinski definition) is 1. The molecule has 2 aromatic heterocycles. The van der Waals surface area contributed by atoms with Crippen molar-refractivity contribution in [1.82, 2.24) is 14.5 Å². The van der Waals surface area contributed by atoms with E-state index < -0.39 is 6.10 Å². The highest BCUT2D eigenvalue weighted by atomic mass is 32.2. The number of aryl methyl sites for hydroxylation is 2. The second kappa shape index (κ2) is 7.77.